The molecule has 0 radical (unpaired) electrons. The van der Waals surface area contributed by atoms with Gasteiger partial charge in [-0.2, -0.15) is 0 Å². The molecule has 2 aromatic carbocycles. The van der Waals surface area contributed by atoms with Crippen LogP contribution in [0.1, 0.15) is 29.7 Å². The molecule has 1 amide bonds. The molecule has 1 aliphatic carbocycles. The van der Waals surface area contributed by atoms with Crippen molar-refractivity contribution in [3.63, 3.8) is 0 Å². The second-order valence-corrected chi connectivity index (χ2v) is 16.1. The van der Waals surface area contributed by atoms with E-state index in [0.717, 1.165) is 53.3 Å². The third-order valence-corrected chi connectivity index (χ3v) is 13.7. The van der Waals surface area contributed by atoms with Gasteiger partial charge in [-0.3, -0.25) is 0 Å². The number of rotatable bonds is 6. The molecular formula is C23H23AsN2O5S. The van der Waals surface area contributed by atoms with Gasteiger partial charge in [0.2, 0.25) is 0 Å². The molecule has 0 aliphatic heterocycles. The molecule has 0 spiro atoms. The molecule has 0 saturated carbocycles. The van der Waals surface area contributed by atoms with E-state index in [0.29, 0.717) is 5.58 Å². The second kappa shape index (κ2) is 8.43. The minimum absolute atomic E-state index is 0.172. The molecule has 9 heteroatoms. The Morgan fingerprint density at radius 1 is 1.16 bits per heavy atom. The summed E-state index contributed by atoms with van der Waals surface area (Å²) in [4.78, 5) is 15.7. The molecule has 0 saturated heterocycles. The first-order valence-electron chi connectivity index (χ1n) is 10.5. The summed E-state index contributed by atoms with van der Waals surface area (Å²) >= 11 is -1.86. The Morgan fingerprint density at radius 3 is 2.81 bits per heavy atom. The van der Waals surface area contributed by atoms with Crippen molar-refractivity contribution >= 4 is 50.5 Å². The van der Waals surface area contributed by atoms with Crippen LogP contribution in [0.2, 0.25) is 4.71 Å². The number of aromatic nitrogens is 1. The summed E-state index contributed by atoms with van der Waals surface area (Å²) in [5.74, 6) is 0.280. The van der Waals surface area contributed by atoms with Crippen molar-refractivity contribution in [2.24, 2.45) is 0 Å². The van der Waals surface area contributed by atoms with Crippen molar-refractivity contribution < 1.29 is 22.8 Å². The third-order valence-electron chi connectivity index (χ3n) is 6.06. The van der Waals surface area contributed by atoms with Gasteiger partial charge >= 0.3 is 191 Å². The molecule has 166 valence electrons. The van der Waals surface area contributed by atoms with Crippen LogP contribution in [0.15, 0.2) is 58.0 Å². The van der Waals surface area contributed by atoms with Crippen LogP contribution < -0.4 is 5.48 Å². The van der Waals surface area contributed by atoms with E-state index in [2.05, 4.69) is 4.98 Å². The molecule has 1 aliphatic rings. The minimum atomic E-state index is -3.68. The number of fused-ring (bicyclic) bond motifs is 4. The third kappa shape index (κ3) is 3.87. The number of furan rings is 1. The number of H-pyrrole nitrogens is 1. The maximum absolute atomic E-state index is 13.3. The van der Waals surface area contributed by atoms with E-state index >= 15 is 0 Å². The zero-order valence-corrected chi connectivity index (χ0v) is 20.1. The van der Waals surface area contributed by atoms with Gasteiger partial charge in [-0.1, -0.05) is 0 Å². The van der Waals surface area contributed by atoms with E-state index in [-0.39, 0.29) is 11.3 Å². The van der Waals surface area contributed by atoms with E-state index in [1.165, 1.54) is 5.56 Å². The van der Waals surface area contributed by atoms with E-state index in [1.54, 1.807) is 23.8 Å². The van der Waals surface area contributed by atoms with E-state index in [9.17, 15) is 18.4 Å². The van der Waals surface area contributed by atoms with Gasteiger partial charge in [-0.05, 0) is 0 Å². The quantitative estimate of drug-likeness (QED) is 0.207. The summed E-state index contributed by atoms with van der Waals surface area (Å²) in [7, 11) is -3.68. The molecule has 2 unspecified atom stereocenters. The average Bonchev–Trinajstić information content (AvgIpc) is 3.38. The van der Waals surface area contributed by atoms with Crippen LogP contribution in [0.3, 0.4) is 0 Å². The molecule has 4 aromatic rings. The van der Waals surface area contributed by atoms with Gasteiger partial charge < -0.3 is 0 Å². The number of benzene rings is 2. The van der Waals surface area contributed by atoms with Crippen molar-refractivity contribution in [2.75, 3.05) is 0 Å². The normalized spacial score (nSPS) is 15.4. The van der Waals surface area contributed by atoms with Crippen molar-refractivity contribution in [2.45, 2.75) is 41.7 Å². The molecule has 5 rings (SSSR count). The molecule has 3 N–H and O–H groups in total. The number of hydrogen-bond donors (Lipinski definition) is 3. The first-order valence-corrected chi connectivity index (χ1v) is 15.8. The number of nitrogens with one attached hydrogen (secondary N) is 2. The Labute approximate surface area is 190 Å². The number of aryl methyl sites for hydroxylation is 2. The number of hydroxylamine groups is 1. The Bertz CT molecular complexity index is 1420. The van der Waals surface area contributed by atoms with Crippen molar-refractivity contribution in [3.8, 4) is 0 Å². The van der Waals surface area contributed by atoms with Gasteiger partial charge in [0.15, 0.2) is 0 Å². The zero-order valence-electron chi connectivity index (χ0n) is 17.2. The second-order valence-electron chi connectivity index (χ2n) is 8.08. The van der Waals surface area contributed by atoms with E-state index in [1.807, 2.05) is 30.3 Å². The molecule has 0 fully saturated rings. The first-order chi connectivity index (χ1) is 15.5. The van der Waals surface area contributed by atoms with Gasteiger partial charge in [0, 0.05) is 0 Å². The fourth-order valence-electron chi connectivity index (χ4n) is 4.45. The van der Waals surface area contributed by atoms with Crippen LogP contribution in [-0.4, -0.2) is 39.1 Å². The fourth-order valence-corrected chi connectivity index (χ4v) is 11.5. The summed E-state index contributed by atoms with van der Waals surface area (Å²) in [6.07, 6.45) is 6.04. The number of carbonyl (C=O) groups excluding carboxylic acids is 1. The topological polar surface area (TPSA) is 112 Å². The molecular weight excluding hydrogens is 491 g/mol. The fraction of sp³-hybridized carbons (Fsp3) is 0.261. The predicted molar refractivity (Wildman–Crippen MR) is 123 cm³/mol. The Hall–Kier alpha value is -2.54. The Morgan fingerprint density at radius 2 is 1.97 bits per heavy atom. The summed E-state index contributed by atoms with van der Waals surface area (Å²) in [6.45, 7) is 0. The summed E-state index contributed by atoms with van der Waals surface area (Å²) < 4.78 is 31.7. The number of hydrogen-bond acceptors (Lipinski definition) is 5. The Kier molecular flexibility index (Phi) is 5.61. The monoisotopic (exact) mass is 514 g/mol. The molecule has 2 aromatic heterocycles. The zero-order chi connectivity index (χ0) is 22.3. The molecule has 7 nitrogen and oxygen atoms in total. The van der Waals surface area contributed by atoms with Crippen LogP contribution in [0.5, 0.6) is 0 Å². The molecule has 2 atom stereocenters. The maximum atomic E-state index is 13.3. The van der Waals surface area contributed by atoms with Crippen LogP contribution in [0, 0.1) is 0 Å². The van der Waals surface area contributed by atoms with Gasteiger partial charge in [0.05, 0.1) is 0 Å². The van der Waals surface area contributed by atoms with Gasteiger partial charge in [0.1, 0.15) is 0 Å². The average molecular weight is 514 g/mol. The van der Waals surface area contributed by atoms with Crippen LogP contribution in [0.25, 0.3) is 21.9 Å². The predicted octanol–water partition coefficient (Wildman–Crippen LogP) is 3.45. The van der Waals surface area contributed by atoms with Gasteiger partial charge in [0.25, 0.3) is 0 Å². The van der Waals surface area contributed by atoms with E-state index < -0.39 is 33.3 Å². The molecule has 32 heavy (non-hydrogen) atoms. The van der Waals surface area contributed by atoms with Crippen molar-refractivity contribution in [1.29, 1.82) is 0 Å². The van der Waals surface area contributed by atoms with Crippen molar-refractivity contribution in [3.05, 3.63) is 65.5 Å². The number of carbonyl (C=O) groups is 1. The van der Waals surface area contributed by atoms with Crippen LogP contribution in [-0.2, 0) is 32.2 Å². The van der Waals surface area contributed by atoms with Gasteiger partial charge in [-0.25, -0.2) is 0 Å². The summed E-state index contributed by atoms with van der Waals surface area (Å²) in [6, 6.07) is 12.7. The van der Waals surface area contributed by atoms with Crippen LogP contribution in [0.4, 0.5) is 0 Å². The Balaban J connectivity index is 1.45. The SMILES string of the molecule is O=C(NO)C(Cc1c[nH]c2ccccc12)[AsH]S(=O)(=O)c1ccc2c3c(oc2c1)CCCC3. The van der Waals surface area contributed by atoms with Gasteiger partial charge in [-0.15, -0.1) is 0 Å². The summed E-state index contributed by atoms with van der Waals surface area (Å²) in [5.41, 5.74) is 5.20. The van der Waals surface area contributed by atoms with Crippen molar-refractivity contribution in [1.82, 2.24) is 10.5 Å². The number of para-hydroxylation sites is 1. The number of aromatic amines is 1. The standard InChI is InChI=1S/C23H23AsN2O5S/c27-23(26-28)19(11-14-13-25-20-7-3-1-5-16(14)20)24-32(29,30)15-9-10-18-17-6-2-4-8-21(17)31-22(18)12-15/h1,3,5,7,9-10,12-13,19,24-25,28H,2,4,6,8,11H2,(H,26,27). The van der Waals surface area contributed by atoms with Crippen LogP contribution >= 0.6 is 0 Å². The summed E-state index contributed by atoms with van der Waals surface area (Å²) in [5, 5.41) is 11.2. The van der Waals surface area contributed by atoms with E-state index in [4.69, 9.17) is 4.42 Å². The number of amides is 1. The molecule has 0 bridgehead atoms. The first kappa shape index (κ1) is 21.3. The molecule has 2 heterocycles.